The van der Waals surface area contributed by atoms with Gasteiger partial charge >= 0.3 is 0 Å². The fourth-order valence-electron chi connectivity index (χ4n) is 3.32. The lowest BCUT2D eigenvalue weighted by Crippen LogP contribution is -2.36. The lowest BCUT2D eigenvalue weighted by molar-refractivity contribution is 0.232. The topological polar surface area (TPSA) is 30.5 Å². The van der Waals surface area contributed by atoms with Crippen LogP contribution in [0, 0.1) is 5.92 Å². The van der Waals surface area contributed by atoms with E-state index in [0.29, 0.717) is 6.04 Å². The fraction of sp³-hybridized carbons (Fsp3) is 0.667. The van der Waals surface area contributed by atoms with E-state index in [-0.39, 0.29) is 0 Å². The number of methoxy groups -OCH3 is 1. The van der Waals surface area contributed by atoms with Crippen molar-refractivity contribution in [1.82, 2.24) is 5.32 Å². The van der Waals surface area contributed by atoms with Crippen molar-refractivity contribution in [3.8, 4) is 11.5 Å². The van der Waals surface area contributed by atoms with Crippen LogP contribution in [0.5, 0.6) is 11.5 Å². The Morgan fingerprint density at radius 3 is 2.62 bits per heavy atom. The molecule has 1 aromatic carbocycles. The molecule has 1 aliphatic rings. The largest absolute Gasteiger partial charge is 0.493 e. The number of ether oxygens (including phenoxy) is 2. The molecular formula is C18H29NO2. The summed E-state index contributed by atoms with van der Waals surface area (Å²) in [5.74, 6) is 2.41. The van der Waals surface area contributed by atoms with Gasteiger partial charge in [0.1, 0.15) is 0 Å². The lowest BCUT2D eigenvalue weighted by Gasteiger charge is -2.26. The molecular weight excluding hydrogens is 262 g/mol. The van der Waals surface area contributed by atoms with Crippen molar-refractivity contribution in [1.29, 1.82) is 0 Å². The number of hydrogen-bond acceptors (Lipinski definition) is 3. The fourth-order valence-corrected chi connectivity index (χ4v) is 3.32. The summed E-state index contributed by atoms with van der Waals surface area (Å²) >= 11 is 0. The summed E-state index contributed by atoms with van der Waals surface area (Å²) in [6.07, 6.45) is 7.87. The van der Waals surface area contributed by atoms with Gasteiger partial charge in [-0.15, -0.1) is 0 Å². The van der Waals surface area contributed by atoms with Gasteiger partial charge in [0.05, 0.1) is 13.7 Å². The van der Waals surface area contributed by atoms with E-state index in [4.69, 9.17) is 9.47 Å². The van der Waals surface area contributed by atoms with Crippen LogP contribution in [-0.2, 0) is 0 Å². The smallest absolute Gasteiger partial charge is 0.161 e. The minimum Gasteiger partial charge on any atom is -0.493 e. The molecule has 3 nitrogen and oxygen atoms in total. The van der Waals surface area contributed by atoms with Gasteiger partial charge in [0.15, 0.2) is 11.5 Å². The minimum atomic E-state index is 0.666. The molecule has 1 aliphatic carbocycles. The lowest BCUT2D eigenvalue weighted by atomic mass is 9.92. The molecule has 2 rings (SSSR count). The van der Waals surface area contributed by atoms with Crippen molar-refractivity contribution in [3.63, 3.8) is 0 Å². The molecule has 1 N–H and O–H groups in total. The van der Waals surface area contributed by atoms with Crippen LogP contribution in [0.25, 0.3) is 0 Å². The maximum absolute atomic E-state index is 5.95. The number of para-hydroxylation sites is 2. The molecule has 21 heavy (non-hydrogen) atoms. The van der Waals surface area contributed by atoms with Crippen LogP contribution in [0.2, 0.25) is 0 Å². The normalized spacial score (nSPS) is 22.6. The number of nitrogens with one attached hydrogen (secondary N) is 1. The molecule has 0 saturated heterocycles. The summed E-state index contributed by atoms with van der Waals surface area (Å²) in [6.45, 7) is 4.04. The van der Waals surface area contributed by atoms with E-state index in [1.165, 1.54) is 32.1 Å². The van der Waals surface area contributed by atoms with Gasteiger partial charge in [0.25, 0.3) is 0 Å². The molecule has 2 unspecified atom stereocenters. The van der Waals surface area contributed by atoms with Crippen molar-refractivity contribution in [2.75, 3.05) is 20.3 Å². The first-order chi connectivity index (χ1) is 10.3. The maximum atomic E-state index is 5.95. The predicted molar refractivity (Wildman–Crippen MR) is 87.1 cm³/mol. The average molecular weight is 291 g/mol. The molecule has 0 heterocycles. The molecule has 1 saturated carbocycles. The molecule has 0 aliphatic heterocycles. The summed E-state index contributed by atoms with van der Waals surface area (Å²) in [6, 6.07) is 8.55. The van der Waals surface area contributed by atoms with E-state index in [1.807, 2.05) is 24.3 Å². The summed E-state index contributed by atoms with van der Waals surface area (Å²) in [7, 11) is 1.69. The standard InChI is InChI=1S/C18H29NO2/c1-3-19-16-10-6-4-5-9-15(16)13-14-21-18-12-8-7-11-17(18)20-2/h7-8,11-12,15-16,19H,3-6,9-10,13-14H2,1-2H3. The van der Waals surface area contributed by atoms with Crippen LogP contribution in [0.4, 0.5) is 0 Å². The van der Waals surface area contributed by atoms with Crippen molar-refractivity contribution in [3.05, 3.63) is 24.3 Å². The average Bonchev–Trinajstić information content (AvgIpc) is 2.74. The minimum absolute atomic E-state index is 0.666. The molecule has 1 aromatic rings. The molecule has 0 radical (unpaired) electrons. The number of rotatable bonds is 7. The molecule has 118 valence electrons. The molecule has 0 amide bonds. The van der Waals surface area contributed by atoms with Crippen LogP contribution in [0.3, 0.4) is 0 Å². The van der Waals surface area contributed by atoms with E-state index >= 15 is 0 Å². The SMILES string of the molecule is CCNC1CCCCCC1CCOc1ccccc1OC. The number of hydrogen-bond donors (Lipinski definition) is 1. The first-order valence-electron chi connectivity index (χ1n) is 8.34. The van der Waals surface area contributed by atoms with E-state index in [9.17, 15) is 0 Å². The second-order valence-corrected chi connectivity index (χ2v) is 5.85. The maximum Gasteiger partial charge on any atom is 0.161 e. The van der Waals surface area contributed by atoms with Crippen LogP contribution < -0.4 is 14.8 Å². The van der Waals surface area contributed by atoms with E-state index in [2.05, 4.69) is 12.2 Å². The highest BCUT2D eigenvalue weighted by atomic mass is 16.5. The highest BCUT2D eigenvalue weighted by Crippen LogP contribution is 2.29. The molecule has 1 fully saturated rings. The summed E-state index contributed by atoms with van der Waals surface area (Å²) in [5.41, 5.74) is 0. The quantitative estimate of drug-likeness (QED) is 0.770. The Balaban J connectivity index is 1.85. The first-order valence-corrected chi connectivity index (χ1v) is 8.34. The Bertz CT molecular complexity index is 408. The second kappa shape index (κ2) is 8.93. The van der Waals surface area contributed by atoms with Crippen LogP contribution in [0.15, 0.2) is 24.3 Å². The van der Waals surface area contributed by atoms with E-state index in [0.717, 1.165) is 37.0 Å². The summed E-state index contributed by atoms with van der Waals surface area (Å²) in [4.78, 5) is 0. The second-order valence-electron chi connectivity index (χ2n) is 5.85. The van der Waals surface area contributed by atoms with Gasteiger partial charge in [-0.1, -0.05) is 38.3 Å². The molecule has 0 bridgehead atoms. The van der Waals surface area contributed by atoms with Gasteiger partial charge in [0.2, 0.25) is 0 Å². The summed E-state index contributed by atoms with van der Waals surface area (Å²) in [5, 5.41) is 3.67. The van der Waals surface area contributed by atoms with Crippen molar-refractivity contribution in [2.45, 2.75) is 51.5 Å². The van der Waals surface area contributed by atoms with Crippen molar-refractivity contribution in [2.24, 2.45) is 5.92 Å². The molecule has 0 aromatic heterocycles. The monoisotopic (exact) mass is 291 g/mol. The van der Waals surface area contributed by atoms with Gasteiger partial charge in [-0.25, -0.2) is 0 Å². The molecule has 2 atom stereocenters. The third-order valence-corrected chi connectivity index (χ3v) is 4.44. The van der Waals surface area contributed by atoms with E-state index < -0.39 is 0 Å². The Hall–Kier alpha value is -1.22. The zero-order valence-corrected chi connectivity index (χ0v) is 13.4. The van der Waals surface area contributed by atoms with Crippen LogP contribution in [-0.4, -0.2) is 26.3 Å². The predicted octanol–water partition coefficient (Wildman–Crippen LogP) is 4.02. The van der Waals surface area contributed by atoms with Crippen LogP contribution in [0.1, 0.15) is 45.4 Å². The van der Waals surface area contributed by atoms with Gasteiger partial charge < -0.3 is 14.8 Å². The van der Waals surface area contributed by atoms with Gasteiger partial charge in [-0.05, 0) is 43.9 Å². The van der Waals surface area contributed by atoms with Crippen molar-refractivity contribution < 1.29 is 9.47 Å². The van der Waals surface area contributed by atoms with E-state index in [1.54, 1.807) is 7.11 Å². The number of benzene rings is 1. The van der Waals surface area contributed by atoms with Crippen LogP contribution >= 0.6 is 0 Å². The first kappa shape index (κ1) is 16.2. The van der Waals surface area contributed by atoms with Gasteiger partial charge in [-0.2, -0.15) is 0 Å². The molecule has 0 spiro atoms. The third-order valence-electron chi connectivity index (χ3n) is 4.44. The van der Waals surface area contributed by atoms with Gasteiger partial charge in [-0.3, -0.25) is 0 Å². The highest BCUT2D eigenvalue weighted by Gasteiger charge is 2.22. The molecule has 3 heteroatoms. The van der Waals surface area contributed by atoms with Crippen molar-refractivity contribution >= 4 is 0 Å². The zero-order valence-electron chi connectivity index (χ0n) is 13.4. The zero-order chi connectivity index (χ0) is 14.9. The Kier molecular flexibility index (Phi) is 6.87. The Labute approximate surface area is 129 Å². The Morgan fingerprint density at radius 2 is 1.86 bits per heavy atom. The van der Waals surface area contributed by atoms with Gasteiger partial charge in [0, 0.05) is 6.04 Å². The third kappa shape index (κ3) is 4.92. The summed E-state index contributed by atoms with van der Waals surface area (Å²) < 4.78 is 11.3. The Morgan fingerprint density at radius 1 is 1.10 bits per heavy atom. The highest BCUT2D eigenvalue weighted by molar-refractivity contribution is 5.39.